The zero-order valence-electron chi connectivity index (χ0n) is 8.66. The molecule has 0 unspecified atom stereocenters. The quantitative estimate of drug-likeness (QED) is 0.437. The minimum atomic E-state index is 0.505. The normalized spacial score (nSPS) is 10.9. The van der Waals surface area contributed by atoms with E-state index in [-0.39, 0.29) is 0 Å². The molecule has 0 saturated carbocycles. The van der Waals surface area contributed by atoms with Crippen LogP contribution in [0, 0.1) is 6.92 Å². The highest BCUT2D eigenvalue weighted by atomic mass is 35.5. The Kier molecular flexibility index (Phi) is 3.89. The second-order valence-corrected chi connectivity index (χ2v) is 3.44. The minimum absolute atomic E-state index is 0.505. The van der Waals surface area contributed by atoms with Gasteiger partial charge < -0.3 is 4.90 Å². The van der Waals surface area contributed by atoms with Crippen LogP contribution in [0.4, 0.5) is 5.69 Å². The number of aryl methyl sites for hydroxylation is 1. The molecule has 0 atom stereocenters. The second-order valence-electron chi connectivity index (χ2n) is 3.06. The molecule has 1 rings (SSSR count). The lowest BCUT2D eigenvalue weighted by molar-refractivity contribution is 0.552. The summed E-state index contributed by atoms with van der Waals surface area (Å²) < 4.78 is 0. The fraction of sp³-hybridized carbons (Fsp3) is 0.400. The molecular weight excluding hydrogens is 198 g/mol. The molecule has 0 aliphatic heterocycles. The molecule has 0 spiro atoms. The molecule has 0 amide bonds. The van der Waals surface area contributed by atoms with E-state index in [1.165, 1.54) is 0 Å². The molecule has 0 aromatic carbocycles. The third-order valence-electron chi connectivity index (χ3n) is 1.92. The molecule has 0 bridgehead atoms. The van der Waals surface area contributed by atoms with E-state index in [0.29, 0.717) is 5.15 Å². The van der Waals surface area contributed by atoms with Crippen molar-refractivity contribution >= 4 is 23.6 Å². The Balaban J connectivity index is 2.82. The fourth-order valence-electron chi connectivity index (χ4n) is 0.902. The largest absolute Gasteiger partial charge is 0.366 e. The number of nitrogens with zero attached hydrogens (tertiary/aromatic N) is 3. The van der Waals surface area contributed by atoms with Crippen molar-refractivity contribution in [3.8, 4) is 0 Å². The zero-order valence-corrected chi connectivity index (χ0v) is 9.41. The van der Waals surface area contributed by atoms with Crippen molar-refractivity contribution < 1.29 is 0 Å². The van der Waals surface area contributed by atoms with E-state index >= 15 is 0 Å². The summed E-state index contributed by atoms with van der Waals surface area (Å²) in [5.41, 5.74) is 1.70. The molecular formula is C10H14ClN3. The van der Waals surface area contributed by atoms with Crippen molar-refractivity contribution in [1.29, 1.82) is 0 Å². The van der Waals surface area contributed by atoms with Gasteiger partial charge in [-0.15, -0.1) is 0 Å². The number of hydrogen-bond donors (Lipinski definition) is 0. The van der Waals surface area contributed by atoms with Gasteiger partial charge in [-0.25, -0.2) is 9.98 Å². The van der Waals surface area contributed by atoms with Crippen LogP contribution < -0.4 is 0 Å². The molecule has 4 heteroatoms. The van der Waals surface area contributed by atoms with Gasteiger partial charge in [-0.05, 0) is 26.0 Å². The Morgan fingerprint density at radius 1 is 1.57 bits per heavy atom. The van der Waals surface area contributed by atoms with E-state index in [4.69, 9.17) is 11.6 Å². The van der Waals surface area contributed by atoms with Crippen molar-refractivity contribution in [2.45, 2.75) is 13.8 Å². The molecule has 0 saturated heterocycles. The maximum Gasteiger partial charge on any atom is 0.129 e. The maximum atomic E-state index is 5.73. The molecule has 1 aromatic heterocycles. The Morgan fingerprint density at radius 2 is 2.29 bits per heavy atom. The molecule has 1 heterocycles. The third-order valence-corrected chi connectivity index (χ3v) is 2.13. The average molecular weight is 212 g/mol. The molecule has 0 fully saturated rings. The van der Waals surface area contributed by atoms with Crippen LogP contribution in [-0.4, -0.2) is 29.8 Å². The van der Waals surface area contributed by atoms with E-state index in [9.17, 15) is 0 Å². The number of aromatic nitrogens is 1. The van der Waals surface area contributed by atoms with E-state index in [1.807, 2.05) is 24.9 Å². The summed E-state index contributed by atoms with van der Waals surface area (Å²) in [6.07, 6.45) is 1.79. The number of pyridine rings is 1. The predicted octanol–water partition coefficient (Wildman–Crippen LogP) is 2.65. The van der Waals surface area contributed by atoms with Gasteiger partial charge in [0, 0.05) is 13.6 Å². The van der Waals surface area contributed by atoms with Gasteiger partial charge in [0.05, 0.1) is 17.7 Å². The van der Waals surface area contributed by atoms with Crippen LogP contribution in [0.3, 0.4) is 0 Å². The Hall–Kier alpha value is -1.09. The number of halogens is 1. The summed E-state index contributed by atoms with van der Waals surface area (Å²) in [6, 6.07) is 3.61. The van der Waals surface area contributed by atoms with Gasteiger partial charge in [-0.1, -0.05) is 11.6 Å². The van der Waals surface area contributed by atoms with Gasteiger partial charge in [0.2, 0.25) is 0 Å². The monoisotopic (exact) mass is 211 g/mol. The van der Waals surface area contributed by atoms with Crippen molar-refractivity contribution in [2.75, 3.05) is 13.6 Å². The smallest absolute Gasteiger partial charge is 0.129 e. The summed E-state index contributed by atoms with van der Waals surface area (Å²) >= 11 is 5.73. The van der Waals surface area contributed by atoms with Gasteiger partial charge in [0.15, 0.2) is 0 Å². The molecule has 0 aliphatic rings. The minimum Gasteiger partial charge on any atom is -0.366 e. The van der Waals surface area contributed by atoms with Gasteiger partial charge in [-0.3, -0.25) is 0 Å². The van der Waals surface area contributed by atoms with Crippen LogP contribution in [0.5, 0.6) is 0 Å². The van der Waals surface area contributed by atoms with Gasteiger partial charge >= 0.3 is 0 Å². The van der Waals surface area contributed by atoms with E-state index in [0.717, 1.165) is 17.9 Å². The van der Waals surface area contributed by atoms with Crippen LogP contribution in [-0.2, 0) is 0 Å². The number of hydrogen-bond acceptors (Lipinski definition) is 2. The SMILES string of the molecule is CCN(C)/C=N/c1ccc(Cl)nc1C. The Labute approximate surface area is 89.4 Å². The van der Waals surface area contributed by atoms with Crippen LogP contribution in [0.1, 0.15) is 12.6 Å². The Morgan fingerprint density at radius 3 is 2.86 bits per heavy atom. The number of rotatable bonds is 3. The molecule has 0 N–H and O–H groups in total. The lowest BCUT2D eigenvalue weighted by Crippen LogP contribution is -2.14. The van der Waals surface area contributed by atoms with E-state index < -0.39 is 0 Å². The van der Waals surface area contributed by atoms with Crippen LogP contribution in [0.15, 0.2) is 17.1 Å². The first kappa shape index (κ1) is 11.0. The molecule has 0 aliphatic carbocycles. The van der Waals surface area contributed by atoms with Crippen LogP contribution in [0.2, 0.25) is 5.15 Å². The fourth-order valence-corrected chi connectivity index (χ4v) is 1.09. The second kappa shape index (κ2) is 4.96. The predicted molar refractivity (Wildman–Crippen MR) is 60.4 cm³/mol. The summed E-state index contributed by atoms with van der Waals surface area (Å²) in [5.74, 6) is 0. The summed E-state index contributed by atoms with van der Waals surface area (Å²) in [6.45, 7) is 4.90. The summed E-state index contributed by atoms with van der Waals surface area (Å²) in [4.78, 5) is 10.4. The highest BCUT2D eigenvalue weighted by molar-refractivity contribution is 6.29. The van der Waals surface area contributed by atoms with Crippen molar-refractivity contribution in [1.82, 2.24) is 9.88 Å². The molecule has 76 valence electrons. The molecule has 1 aromatic rings. The topological polar surface area (TPSA) is 28.5 Å². The van der Waals surface area contributed by atoms with E-state index in [1.54, 1.807) is 12.4 Å². The molecule has 14 heavy (non-hydrogen) atoms. The maximum absolute atomic E-state index is 5.73. The lowest BCUT2D eigenvalue weighted by atomic mass is 10.3. The zero-order chi connectivity index (χ0) is 10.6. The van der Waals surface area contributed by atoms with Crippen LogP contribution >= 0.6 is 11.6 Å². The third kappa shape index (κ3) is 3.00. The molecule has 0 radical (unpaired) electrons. The van der Waals surface area contributed by atoms with Gasteiger partial charge in [-0.2, -0.15) is 0 Å². The van der Waals surface area contributed by atoms with Gasteiger partial charge in [0.25, 0.3) is 0 Å². The van der Waals surface area contributed by atoms with Gasteiger partial charge in [0.1, 0.15) is 5.15 Å². The summed E-state index contributed by atoms with van der Waals surface area (Å²) in [5, 5.41) is 0.505. The highest BCUT2D eigenvalue weighted by Gasteiger charge is 1.97. The first-order valence-corrected chi connectivity index (χ1v) is 4.89. The van der Waals surface area contributed by atoms with Crippen molar-refractivity contribution in [3.63, 3.8) is 0 Å². The first-order chi connectivity index (χ1) is 6.63. The first-order valence-electron chi connectivity index (χ1n) is 4.51. The highest BCUT2D eigenvalue weighted by Crippen LogP contribution is 2.18. The average Bonchev–Trinajstić information content (AvgIpc) is 2.16. The van der Waals surface area contributed by atoms with Crippen molar-refractivity contribution in [2.24, 2.45) is 4.99 Å². The standard InChI is InChI=1S/C10H14ClN3/c1-4-14(3)7-12-9-5-6-10(11)13-8(9)2/h5-7H,4H2,1-3H3/b12-7+. The Bertz CT molecular complexity index is 336. The number of aliphatic imine (C=N–C) groups is 1. The van der Waals surface area contributed by atoms with Crippen LogP contribution in [0.25, 0.3) is 0 Å². The lowest BCUT2D eigenvalue weighted by Gasteiger charge is -2.08. The molecule has 3 nitrogen and oxygen atoms in total. The van der Waals surface area contributed by atoms with Crippen molar-refractivity contribution in [3.05, 3.63) is 23.0 Å². The van der Waals surface area contributed by atoms with E-state index in [2.05, 4.69) is 16.9 Å². The summed E-state index contributed by atoms with van der Waals surface area (Å²) in [7, 11) is 1.97.